The maximum absolute atomic E-state index is 9.44. The molecule has 0 aliphatic heterocycles. The highest BCUT2D eigenvalue weighted by molar-refractivity contribution is 7.25. The summed E-state index contributed by atoms with van der Waals surface area (Å²) in [6, 6.07) is 63.9. The highest BCUT2D eigenvalue weighted by Crippen LogP contribution is 2.57. The molecular formula is C70H49NS. The average molecular weight is 946 g/mol. The fourth-order valence-corrected chi connectivity index (χ4v) is 12.9. The molecule has 1 heterocycles. The molecule has 340 valence electrons. The highest BCUT2D eigenvalue weighted by Gasteiger charge is 2.46. The third-order valence-electron chi connectivity index (χ3n) is 15.1. The monoisotopic (exact) mass is 945 g/mol. The summed E-state index contributed by atoms with van der Waals surface area (Å²) < 4.78 is 92.5. The van der Waals surface area contributed by atoms with Crippen molar-refractivity contribution < 1.29 is 13.7 Å². The Bertz CT molecular complexity index is 4550. The minimum atomic E-state index is -1.92. The Balaban J connectivity index is 0.880. The van der Waals surface area contributed by atoms with Crippen LogP contribution in [-0.4, -0.2) is 0 Å². The lowest BCUT2D eigenvalue weighted by atomic mass is 9.67. The lowest BCUT2D eigenvalue weighted by molar-refractivity contribution is 0.660. The molecule has 11 aromatic carbocycles. The summed E-state index contributed by atoms with van der Waals surface area (Å²) >= 11 is 1.69. The molecule has 1 nitrogen and oxygen atoms in total. The van der Waals surface area contributed by atoms with Crippen LogP contribution in [0.4, 0.5) is 17.1 Å². The van der Waals surface area contributed by atoms with Gasteiger partial charge in [-0.15, -0.1) is 11.3 Å². The first-order chi connectivity index (χ1) is 39.6. The number of fused-ring (bicyclic) bond motifs is 9. The molecule has 0 saturated carbocycles. The minimum absolute atomic E-state index is 0.179. The summed E-state index contributed by atoms with van der Waals surface area (Å²) in [5.41, 5.74) is 14.1. The second-order valence-electron chi connectivity index (χ2n) is 19.3. The molecule has 2 heteroatoms. The van der Waals surface area contributed by atoms with Crippen molar-refractivity contribution in [1.29, 1.82) is 0 Å². The summed E-state index contributed by atoms with van der Waals surface area (Å²) in [5.74, 6) is 0. The number of thiophene rings is 1. The Kier molecular flexibility index (Phi) is 7.60. The van der Waals surface area contributed by atoms with Gasteiger partial charge in [0.1, 0.15) is 0 Å². The van der Waals surface area contributed by atoms with Crippen molar-refractivity contribution >= 4 is 48.6 Å². The zero-order chi connectivity index (χ0) is 56.7. The molecule has 0 bridgehead atoms. The van der Waals surface area contributed by atoms with Crippen LogP contribution in [0.1, 0.15) is 60.9 Å². The summed E-state index contributed by atoms with van der Waals surface area (Å²) in [5, 5.41) is 2.19. The van der Waals surface area contributed by atoms with E-state index in [9.17, 15) is 5.48 Å². The molecular weight excluding hydrogens is 887 g/mol. The topological polar surface area (TPSA) is 3.24 Å². The summed E-state index contributed by atoms with van der Waals surface area (Å²) in [4.78, 5) is 2.35. The van der Waals surface area contributed by atoms with Crippen molar-refractivity contribution in [2.45, 2.75) is 24.7 Å². The Morgan fingerprint density at radius 2 is 0.819 bits per heavy atom. The normalized spacial score (nSPS) is 15.6. The maximum atomic E-state index is 9.44. The van der Waals surface area contributed by atoms with Crippen molar-refractivity contribution in [2.24, 2.45) is 0 Å². The summed E-state index contributed by atoms with van der Waals surface area (Å²) in [7, 11) is 0. The predicted octanol–water partition coefficient (Wildman–Crippen LogP) is 19.2. The lowest BCUT2D eigenvalue weighted by Gasteiger charge is -2.34. The van der Waals surface area contributed by atoms with Gasteiger partial charge in [0.15, 0.2) is 0 Å². The van der Waals surface area contributed by atoms with E-state index in [0.717, 1.165) is 70.6 Å². The maximum Gasteiger partial charge on any atom is 0.0713 e. The van der Waals surface area contributed by atoms with E-state index in [-0.39, 0.29) is 16.5 Å². The van der Waals surface area contributed by atoms with Crippen molar-refractivity contribution in [1.82, 2.24) is 0 Å². The molecule has 72 heavy (non-hydrogen) atoms. The molecule has 0 atom stereocenters. The van der Waals surface area contributed by atoms with Crippen molar-refractivity contribution in [2.75, 3.05) is 4.90 Å². The molecule has 0 spiro atoms. The second kappa shape index (κ2) is 16.5. The van der Waals surface area contributed by atoms with Crippen LogP contribution in [0.2, 0.25) is 0 Å². The fourth-order valence-electron chi connectivity index (χ4n) is 11.7. The second-order valence-corrected chi connectivity index (χ2v) is 20.4. The lowest BCUT2D eigenvalue weighted by Crippen LogP contribution is -2.28. The number of nitrogens with zero attached hydrogens (tertiary/aromatic N) is 1. The van der Waals surface area contributed by atoms with E-state index < -0.39 is 65.8 Å². The molecule has 2 aliphatic carbocycles. The molecule has 1 aromatic heterocycles. The number of hydrogen-bond acceptors (Lipinski definition) is 2. The van der Waals surface area contributed by atoms with E-state index in [2.05, 4.69) is 164 Å². The molecule has 2 aliphatic rings. The van der Waals surface area contributed by atoms with Gasteiger partial charge >= 0.3 is 0 Å². The Morgan fingerprint density at radius 3 is 1.50 bits per heavy atom. The van der Waals surface area contributed by atoms with Gasteiger partial charge in [-0.1, -0.05) is 220 Å². The molecule has 14 rings (SSSR count). The van der Waals surface area contributed by atoms with Gasteiger partial charge in [0.2, 0.25) is 0 Å². The van der Waals surface area contributed by atoms with Gasteiger partial charge in [-0.3, -0.25) is 0 Å². The van der Waals surface area contributed by atoms with Gasteiger partial charge in [0, 0.05) is 42.6 Å². The van der Waals surface area contributed by atoms with E-state index in [1.165, 1.54) is 22.3 Å². The largest absolute Gasteiger partial charge is 0.310 e. The third-order valence-corrected chi connectivity index (χ3v) is 16.2. The minimum Gasteiger partial charge on any atom is -0.310 e. The third kappa shape index (κ3) is 6.53. The van der Waals surface area contributed by atoms with Gasteiger partial charge in [-0.2, -0.15) is 0 Å². The van der Waals surface area contributed by atoms with Crippen LogP contribution in [0.25, 0.3) is 75.8 Å². The van der Waals surface area contributed by atoms with E-state index in [1.807, 2.05) is 42.5 Å². The number of anilines is 3. The Morgan fingerprint density at radius 1 is 0.347 bits per heavy atom. The van der Waals surface area contributed by atoms with Crippen LogP contribution < -0.4 is 4.90 Å². The van der Waals surface area contributed by atoms with Crippen LogP contribution in [0.5, 0.6) is 0 Å². The highest BCUT2D eigenvalue weighted by atomic mass is 32.1. The van der Waals surface area contributed by atoms with E-state index in [1.54, 1.807) is 23.5 Å². The zero-order valence-corrected chi connectivity index (χ0v) is 40.2. The van der Waals surface area contributed by atoms with Gasteiger partial charge in [0.25, 0.3) is 0 Å². The predicted molar refractivity (Wildman–Crippen MR) is 305 cm³/mol. The number of rotatable bonds is 8. The average Bonchev–Trinajstić information content (AvgIpc) is 2.17. The quantitative estimate of drug-likeness (QED) is 0.147. The first-order valence-electron chi connectivity index (χ1n) is 29.2. The Labute approximate surface area is 439 Å². The van der Waals surface area contributed by atoms with E-state index in [4.69, 9.17) is 8.22 Å². The SMILES string of the molecule is [2H]c1c([2H])c([2H])c(C2(c3c([2H])c([2H])c([2H])c([2H])c3[2H])c3ccccc3-c3ccc(-c4ccc5c(c4)sc4cc(-c6cccc(N(c7ccc(-c8ccccc8)cc7)c7ccc8c(c7)C(C)(C)c7ccccc7-8)c6)ccc45)cc32)c([2H])c1[2H]. The summed E-state index contributed by atoms with van der Waals surface area (Å²) in [6.07, 6.45) is 0. The Hall–Kier alpha value is -8.56. The molecule has 0 amide bonds. The van der Waals surface area contributed by atoms with Gasteiger partial charge in [-0.25, -0.2) is 0 Å². The number of benzene rings is 11. The van der Waals surface area contributed by atoms with E-state index >= 15 is 0 Å². The van der Waals surface area contributed by atoms with Crippen LogP contribution in [0, 0.1) is 0 Å². The smallest absolute Gasteiger partial charge is 0.0713 e. The van der Waals surface area contributed by atoms with Gasteiger partial charge in [0.05, 0.1) is 19.1 Å². The van der Waals surface area contributed by atoms with Gasteiger partial charge in [-0.05, 0) is 144 Å². The molecule has 0 radical (unpaired) electrons. The number of hydrogen-bond donors (Lipinski definition) is 0. The van der Waals surface area contributed by atoms with Gasteiger partial charge < -0.3 is 4.90 Å². The zero-order valence-electron chi connectivity index (χ0n) is 49.4. The van der Waals surface area contributed by atoms with E-state index in [0.29, 0.717) is 22.3 Å². The molecule has 0 fully saturated rings. The first kappa shape index (κ1) is 33.1. The molecule has 0 N–H and O–H groups in total. The van der Waals surface area contributed by atoms with Crippen LogP contribution in [0.3, 0.4) is 0 Å². The molecule has 0 saturated heterocycles. The van der Waals surface area contributed by atoms with Crippen molar-refractivity contribution in [3.63, 3.8) is 0 Å². The molecule has 0 unspecified atom stereocenters. The molecule has 12 aromatic rings. The van der Waals surface area contributed by atoms with Crippen LogP contribution >= 0.6 is 11.3 Å². The van der Waals surface area contributed by atoms with Crippen LogP contribution in [0.15, 0.2) is 261 Å². The van der Waals surface area contributed by atoms with Crippen molar-refractivity contribution in [3.8, 4) is 55.6 Å². The standard InChI is InChI=1S/C70H49NS/c1-69(2)63-27-14-12-25-57(63)59-40-36-56(45-65(59)69)71(54-34-29-47(30-35-54)46-17-6-3-7-18-46)55-24-16-19-48(41-55)50-32-38-61-62-39-33-51(44-68(62)72-67(61)43-50)49-31-37-60-58-26-13-15-28-64(58)70(66(60)42-49,52-20-8-4-9-21-52)53-22-10-5-11-23-53/h3-45H,1-2H3/i4D,5D,8D,9D,10D,11D,20D,21D,22D,23D. The fraction of sp³-hybridized carbons (Fsp3) is 0.0571. The summed E-state index contributed by atoms with van der Waals surface area (Å²) in [6.45, 7) is 4.63. The van der Waals surface area contributed by atoms with Crippen LogP contribution in [-0.2, 0) is 10.8 Å². The first-order valence-corrected chi connectivity index (χ1v) is 25.1. The van der Waals surface area contributed by atoms with Crippen molar-refractivity contribution in [3.05, 3.63) is 294 Å².